The van der Waals surface area contributed by atoms with Gasteiger partial charge in [0.25, 0.3) is 0 Å². The molecule has 1 fully saturated rings. The standard InChI is InChI=1S/C10H17N3O3S/c1-2-9(7-11)17(15,16)13-6-5-12-10(14)8-3-4-8/h8-9,13H,2-6H2,1H3,(H,12,14). The van der Waals surface area contributed by atoms with Crippen molar-refractivity contribution in [2.24, 2.45) is 5.92 Å². The summed E-state index contributed by atoms with van der Waals surface area (Å²) < 4.78 is 25.4. The molecule has 96 valence electrons. The lowest BCUT2D eigenvalue weighted by atomic mass is 10.4. The smallest absolute Gasteiger partial charge is 0.228 e. The summed E-state index contributed by atoms with van der Waals surface area (Å²) in [6.45, 7) is 2.03. The number of nitrogens with zero attached hydrogens (tertiary/aromatic N) is 1. The minimum absolute atomic E-state index is 0.0171. The van der Waals surface area contributed by atoms with Gasteiger partial charge in [-0.1, -0.05) is 6.92 Å². The lowest BCUT2D eigenvalue weighted by Crippen LogP contribution is -2.39. The van der Waals surface area contributed by atoms with Gasteiger partial charge < -0.3 is 5.32 Å². The van der Waals surface area contributed by atoms with Crippen LogP contribution in [0.2, 0.25) is 0 Å². The van der Waals surface area contributed by atoms with Crippen LogP contribution in [-0.4, -0.2) is 32.7 Å². The molecule has 0 saturated heterocycles. The second-order valence-electron chi connectivity index (χ2n) is 4.03. The van der Waals surface area contributed by atoms with Gasteiger partial charge in [-0.15, -0.1) is 0 Å². The second-order valence-corrected chi connectivity index (χ2v) is 5.98. The van der Waals surface area contributed by atoms with Gasteiger partial charge in [-0.3, -0.25) is 4.79 Å². The molecule has 0 aromatic carbocycles. The lowest BCUT2D eigenvalue weighted by molar-refractivity contribution is -0.122. The van der Waals surface area contributed by atoms with E-state index < -0.39 is 15.3 Å². The largest absolute Gasteiger partial charge is 0.355 e. The van der Waals surface area contributed by atoms with Crippen molar-refractivity contribution in [2.45, 2.75) is 31.4 Å². The van der Waals surface area contributed by atoms with E-state index in [1.165, 1.54) is 0 Å². The van der Waals surface area contributed by atoms with Gasteiger partial charge in [-0.25, -0.2) is 13.1 Å². The van der Waals surface area contributed by atoms with E-state index in [0.717, 1.165) is 12.8 Å². The Hall–Kier alpha value is -1.13. The molecule has 0 aromatic rings. The summed E-state index contributed by atoms with van der Waals surface area (Å²) in [4.78, 5) is 11.2. The number of nitriles is 1. The molecule has 0 aliphatic heterocycles. The first-order valence-corrected chi connectivity index (χ1v) is 7.21. The fraction of sp³-hybridized carbons (Fsp3) is 0.800. The van der Waals surface area contributed by atoms with Crippen LogP contribution in [0.15, 0.2) is 0 Å². The first-order chi connectivity index (χ1) is 8.01. The molecule has 17 heavy (non-hydrogen) atoms. The Morgan fingerprint density at radius 2 is 2.12 bits per heavy atom. The highest BCUT2D eigenvalue weighted by Gasteiger charge is 2.29. The lowest BCUT2D eigenvalue weighted by Gasteiger charge is -2.10. The Balaban J connectivity index is 2.25. The van der Waals surface area contributed by atoms with Gasteiger partial charge in [0.1, 0.15) is 0 Å². The van der Waals surface area contributed by atoms with Crippen molar-refractivity contribution in [1.29, 1.82) is 5.26 Å². The maximum absolute atomic E-state index is 11.5. The average molecular weight is 259 g/mol. The molecule has 1 unspecified atom stereocenters. The molecule has 1 amide bonds. The molecular weight excluding hydrogens is 242 g/mol. The summed E-state index contributed by atoms with van der Waals surface area (Å²) in [5, 5.41) is 10.3. The van der Waals surface area contributed by atoms with Gasteiger partial charge in [-0.05, 0) is 19.3 Å². The summed E-state index contributed by atoms with van der Waals surface area (Å²) in [6.07, 6.45) is 2.09. The van der Waals surface area contributed by atoms with Crippen molar-refractivity contribution in [2.75, 3.05) is 13.1 Å². The van der Waals surface area contributed by atoms with E-state index in [4.69, 9.17) is 5.26 Å². The quantitative estimate of drug-likeness (QED) is 0.615. The Labute approximate surface area is 101 Å². The molecular formula is C10H17N3O3S. The van der Waals surface area contributed by atoms with E-state index in [9.17, 15) is 13.2 Å². The molecule has 1 aliphatic rings. The van der Waals surface area contributed by atoms with Gasteiger partial charge in [0, 0.05) is 19.0 Å². The van der Waals surface area contributed by atoms with Crippen LogP contribution in [-0.2, 0) is 14.8 Å². The molecule has 0 radical (unpaired) electrons. The van der Waals surface area contributed by atoms with Gasteiger partial charge in [0.05, 0.1) is 6.07 Å². The van der Waals surface area contributed by atoms with E-state index in [0.29, 0.717) is 0 Å². The summed E-state index contributed by atoms with van der Waals surface area (Å²) in [6, 6.07) is 1.73. The van der Waals surface area contributed by atoms with Crippen LogP contribution in [0.5, 0.6) is 0 Å². The first kappa shape index (κ1) is 13.9. The molecule has 2 N–H and O–H groups in total. The zero-order valence-electron chi connectivity index (χ0n) is 9.77. The minimum atomic E-state index is -3.59. The average Bonchev–Trinajstić information content (AvgIpc) is 3.09. The van der Waals surface area contributed by atoms with E-state index in [1.54, 1.807) is 13.0 Å². The third kappa shape index (κ3) is 4.32. The van der Waals surface area contributed by atoms with Gasteiger partial charge in [0.15, 0.2) is 5.25 Å². The highest BCUT2D eigenvalue weighted by Crippen LogP contribution is 2.28. The summed E-state index contributed by atoms with van der Waals surface area (Å²) in [7, 11) is -3.59. The Kier molecular flexibility index (Phi) is 4.90. The van der Waals surface area contributed by atoms with Crippen LogP contribution in [0, 0.1) is 17.2 Å². The normalized spacial score (nSPS) is 17.2. The molecule has 0 heterocycles. The molecule has 7 heteroatoms. The molecule has 1 atom stereocenters. The highest BCUT2D eigenvalue weighted by atomic mass is 32.2. The molecule has 0 bridgehead atoms. The van der Waals surface area contributed by atoms with E-state index in [1.807, 2.05) is 0 Å². The summed E-state index contributed by atoms with van der Waals surface area (Å²) >= 11 is 0. The van der Waals surface area contributed by atoms with Gasteiger partial charge in [-0.2, -0.15) is 5.26 Å². The second kappa shape index (κ2) is 5.98. The predicted octanol–water partition coefficient (Wildman–Crippen LogP) is -0.266. The number of carbonyl (C=O) groups is 1. The zero-order valence-corrected chi connectivity index (χ0v) is 10.6. The molecule has 0 aromatic heterocycles. The van der Waals surface area contributed by atoms with E-state index in [2.05, 4.69) is 10.0 Å². The van der Waals surface area contributed by atoms with Crippen molar-refractivity contribution < 1.29 is 13.2 Å². The van der Waals surface area contributed by atoms with Gasteiger partial charge >= 0.3 is 0 Å². The van der Waals surface area contributed by atoms with Crippen molar-refractivity contribution in [1.82, 2.24) is 10.0 Å². The number of nitrogens with one attached hydrogen (secondary N) is 2. The third-order valence-corrected chi connectivity index (χ3v) is 4.36. The molecule has 1 rings (SSSR count). The summed E-state index contributed by atoms with van der Waals surface area (Å²) in [5.74, 6) is 0.102. The van der Waals surface area contributed by atoms with Crippen LogP contribution in [0.1, 0.15) is 26.2 Å². The van der Waals surface area contributed by atoms with Crippen molar-refractivity contribution >= 4 is 15.9 Å². The summed E-state index contributed by atoms with van der Waals surface area (Å²) in [5.41, 5.74) is 0. The van der Waals surface area contributed by atoms with Gasteiger partial charge in [0.2, 0.25) is 15.9 Å². The fourth-order valence-electron chi connectivity index (χ4n) is 1.35. The van der Waals surface area contributed by atoms with Crippen molar-refractivity contribution in [3.8, 4) is 6.07 Å². The number of carbonyl (C=O) groups excluding carboxylic acids is 1. The number of hydrogen-bond donors (Lipinski definition) is 2. The van der Waals surface area contributed by atoms with Crippen LogP contribution < -0.4 is 10.0 Å². The number of rotatable bonds is 7. The van der Waals surface area contributed by atoms with Crippen LogP contribution in [0.3, 0.4) is 0 Å². The topological polar surface area (TPSA) is 99.1 Å². The Bertz CT molecular complexity index is 409. The highest BCUT2D eigenvalue weighted by molar-refractivity contribution is 7.90. The number of sulfonamides is 1. The van der Waals surface area contributed by atoms with Crippen molar-refractivity contribution in [3.63, 3.8) is 0 Å². The maximum Gasteiger partial charge on any atom is 0.228 e. The molecule has 6 nitrogen and oxygen atoms in total. The Morgan fingerprint density at radius 3 is 2.59 bits per heavy atom. The van der Waals surface area contributed by atoms with Crippen LogP contribution in [0.25, 0.3) is 0 Å². The van der Waals surface area contributed by atoms with E-state index >= 15 is 0 Å². The van der Waals surface area contributed by atoms with Crippen LogP contribution in [0.4, 0.5) is 0 Å². The van der Waals surface area contributed by atoms with Crippen molar-refractivity contribution in [3.05, 3.63) is 0 Å². The SMILES string of the molecule is CCC(C#N)S(=O)(=O)NCCNC(=O)C1CC1. The fourth-order valence-corrected chi connectivity index (χ4v) is 2.51. The number of hydrogen-bond acceptors (Lipinski definition) is 4. The number of amides is 1. The zero-order chi connectivity index (χ0) is 12.9. The minimum Gasteiger partial charge on any atom is -0.355 e. The molecule has 1 saturated carbocycles. The predicted molar refractivity (Wildman–Crippen MR) is 62.3 cm³/mol. The third-order valence-electron chi connectivity index (χ3n) is 2.56. The van der Waals surface area contributed by atoms with E-state index in [-0.39, 0.29) is 31.3 Å². The maximum atomic E-state index is 11.5. The molecule has 0 spiro atoms. The molecule has 1 aliphatic carbocycles. The monoisotopic (exact) mass is 259 g/mol. The Morgan fingerprint density at radius 1 is 1.47 bits per heavy atom. The first-order valence-electron chi connectivity index (χ1n) is 5.67. The van der Waals surface area contributed by atoms with Crippen LogP contribution >= 0.6 is 0 Å².